The maximum absolute atomic E-state index is 5.24. The standard InChI is InChI=1S/C12H19NO2/c1-13-11(12(14-2)15-3)9-10-7-5-4-6-8-10/h4-8,11-13H,9H2,1-3H3. The van der Waals surface area contributed by atoms with Gasteiger partial charge in [-0.15, -0.1) is 0 Å². The van der Waals surface area contributed by atoms with Crippen molar-refractivity contribution in [2.75, 3.05) is 21.3 Å². The van der Waals surface area contributed by atoms with E-state index in [4.69, 9.17) is 9.47 Å². The molecule has 0 heterocycles. The minimum atomic E-state index is -0.213. The third-order valence-corrected chi connectivity index (χ3v) is 2.46. The molecule has 1 atom stereocenters. The lowest BCUT2D eigenvalue weighted by Gasteiger charge is -2.24. The van der Waals surface area contributed by atoms with E-state index in [0.717, 1.165) is 6.42 Å². The molecule has 1 unspecified atom stereocenters. The largest absolute Gasteiger partial charge is 0.354 e. The Morgan fingerprint density at radius 2 is 1.73 bits per heavy atom. The zero-order chi connectivity index (χ0) is 11.1. The number of methoxy groups -OCH3 is 2. The average molecular weight is 209 g/mol. The first kappa shape index (κ1) is 12.2. The third-order valence-electron chi connectivity index (χ3n) is 2.46. The highest BCUT2D eigenvalue weighted by atomic mass is 16.7. The van der Waals surface area contributed by atoms with Gasteiger partial charge >= 0.3 is 0 Å². The third kappa shape index (κ3) is 3.63. The Morgan fingerprint density at radius 1 is 1.13 bits per heavy atom. The summed E-state index contributed by atoms with van der Waals surface area (Å²) in [7, 11) is 5.23. The summed E-state index contributed by atoms with van der Waals surface area (Å²) in [5, 5.41) is 3.20. The number of ether oxygens (including phenoxy) is 2. The molecule has 0 radical (unpaired) electrons. The predicted molar refractivity (Wildman–Crippen MR) is 60.8 cm³/mol. The summed E-state index contributed by atoms with van der Waals surface area (Å²) in [5.41, 5.74) is 1.27. The van der Waals surface area contributed by atoms with Crippen molar-refractivity contribution in [3.63, 3.8) is 0 Å². The van der Waals surface area contributed by atoms with Gasteiger partial charge in [0.25, 0.3) is 0 Å². The van der Waals surface area contributed by atoms with Gasteiger partial charge in [0.2, 0.25) is 0 Å². The fraction of sp³-hybridized carbons (Fsp3) is 0.500. The fourth-order valence-electron chi connectivity index (χ4n) is 1.63. The Hall–Kier alpha value is -0.900. The Morgan fingerprint density at radius 3 is 2.20 bits per heavy atom. The van der Waals surface area contributed by atoms with Crippen LogP contribution in [0.4, 0.5) is 0 Å². The van der Waals surface area contributed by atoms with Crippen LogP contribution in [0.5, 0.6) is 0 Å². The van der Waals surface area contributed by atoms with Crippen molar-refractivity contribution in [1.82, 2.24) is 5.32 Å². The Labute approximate surface area is 91.4 Å². The van der Waals surface area contributed by atoms with Crippen LogP contribution in [0.25, 0.3) is 0 Å². The molecule has 84 valence electrons. The minimum absolute atomic E-state index is 0.169. The van der Waals surface area contributed by atoms with Gasteiger partial charge in [0.05, 0.1) is 6.04 Å². The quantitative estimate of drug-likeness (QED) is 0.719. The van der Waals surface area contributed by atoms with Gasteiger partial charge in [0.1, 0.15) is 0 Å². The Kier molecular flexibility index (Phi) is 5.32. The average Bonchev–Trinajstić information content (AvgIpc) is 2.30. The maximum atomic E-state index is 5.24. The van der Waals surface area contributed by atoms with E-state index in [-0.39, 0.29) is 12.3 Å². The highest BCUT2D eigenvalue weighted by molar-refractivity contribution is 5.16. The second-order valence-electron chi connectivity index (χ2n) is 3.42. The first-order chi connectivity index (χ1) is 7.31. The van der Waals surface area contributed by atoms with Crippen molar-refractivity contribution >= 4 is 0 Å². The van der Waals surface area contributed by atoms with Crippen molar-refractivity contribution in [1.29, 1.82) is 0 Å². The summed E-state index contributed by atoms with van der Waals surface area (Å²) >= 11 is 0. The normalized spacial score (nSPS) is 13.1. The molecule has 3 heteroatoms. The van der Waals surface area contributed by atoms with Gasteiger partial charge in [0, 0.05) is 14.2 Å². The number of nitrogens with one attached hydrogen (secondary N) is 1. The molecule has 0 amide bonds. The van der Waals surface area contributed by atoms with Gasteiger partial charge in [-0.25, -0.2) is 0 Å². The van der Waals surface area contributed by atoms with E-state index < -0.39 is 0 Å². The summed E-state index contributed by atoms with van der Waals surface area (Å²) in [5.74, 6) is 0. The van der Waals surface area contributed by atoms with Crippen LogP contribution < -0.4 is 5.32 Å². The summed E-state index contributed by atoms with van der Waals surface area (Å²) in [6, 6.07) is 10.5. The van der Waals surface area contributed by atoms with Gasteiger partial charge in [-0.3, -0.25) is 0 Å². The second-order valence-corrected chi connectivity index (χ2v) is 3.42. The monoisotopic (exact) mass is 209 g/mol. The molecule has 1 N–H and O–H groups in total. The lowest BCUT2D eigenvalue weighted by molar-refractivity contribution is -0.121. The lowest BCUT2D eigenvalue weighted by Crippen LogP contribution is -2.41. The molecule has 0 aliphatic carbocycles. The van der Waals surface area contributed by atoms with Crippen molar-refractivity contribution < 1.29 is 9.47 Å². The summed E-state index contributed by atoms with van der Waals surface area (Å²) in [6.45, 7) is 0. The van der Waals surface area contributed by atoms with E-state index in [0.29, 0.717) is 0 Å². The van der Waals surface area contributed by atoms with E-state index in [2.05, 4.69) is 17.4 Å². The first-order valence-corrected chi connectivity index (χ1v) is 5.08. The van der Waals surface area contributed by atoms with Crippen LogP contribution in [0, 0.1) is 0 Å². The van der Waals surface area contributed by atoms with Crippen LogP contribution in [0.3, 0.4) is 0 Å². The second kappa shape index (κ2) is 6.56. The van der Waals surface area contributed by atoms with E-state index in [1.54, 1.807) is 14.2 Å². The van der Waals surface area contributed by atoms with E-state index in [1.807, 2.05) is 25.2 Å². The van der Waals surface area contributed by atoms with Gasteiger partial charge < -0.3 is 14.8 Å². The van der Waals surface area contributed by atoms with E-state index in [9.17, 15) is 0 Å². The van der Waals surface area contributed by atoms with Gasteiger partial charge in [-0.1, -0.05) is 30.3 Å². The van der Waals surface area contributed by atoms with Gasteiger partial charge in [-0.05, 0) is 19.0 Å². The number of hydrogen-bond donors (Lipinski definition) is 1. The van der Waals surface area contributed by atoms with Crippen LogP contribution in [0.1, 0.15) is 5.56 Å². The molecule has 0 spiro atoms. The molecule has 0 bridgehead atoms. The van der Waals surface area contributed by atoms with Crippen molar-refractivity contribution in [2.24, 2.45) is 0 Å². The van der Waals surface area contributed by atoms with E-state index in [1.165, 1.54) is 5.56 Å². The summed E-state index contributed by atoms with van der Waals surface area (Å²) in [6.07, 6.45) is 0.680. The van der Waals surface area contributed by atoms with E-state index >= 15 is 0 Å². The Balaban J connectivity index is 2.61. The van der Waals surface area contributed by atoms with Crippen molar-refractivity contribution in [3.8, 4) is 0 Å². The van der Waals surface area contributed by atoms with Crippen LogP contribution in [-0.2, 0) is 15.9 Å². The molecule has 3 nitrogen and oxygen atoms in total. The van der Waals surface area contributed by atoms with Crippen molar-refractivity contribution in [3.05, 3.63) is 35.9 Å². The maximum Gasteiger partial charge on any atom is 0.172 e. The zero-order valence-corrected chi connectivity index (χ0v) is 9.57. The van der Waals surface area contributed by atoms with Crippen LogP contribution >= 0.6 is 0 Å². The molecule has 0 aliphatic rings. The molecular formula is C12H19NO2. The molecule has 0 saturated carbocycles. The van der Waals surface area contributed by atoms with Gasteiger partial charge in [0.15, 0.2) is 6.29 Å². The molecule has 0 saturated heterocycles. The van der Waals surface area contributed by atoms with Crippen LogP contribution in [-0.4, -0.2) is 33.6 Å². The van der Waals surface area contributed by atoms with Crippen LogP contribution in [0.15, 0.2) is 30.3 Å². The Bertz CT molecular complexity index is 260. The summed E-state index contributed by atoms with van der Waals surface area (Å²) in [4.78, 5) is 0. The first-order valence-electron chi connectivity index (χ1n) is 5.08. The molecule has 15 heavy (non-hydrogen) atoms. The predicted octanol–water partition coefficient (Wildman–Crippen LogP) is 1.44. The fourth-order valence-corrected chi connectivity index (χ4v) is 1.63. The molecule has 1 aromatic rings. The highest BCUT2D eigenvalue weighted by Crippen LogP contribution is 2.08. The zero-order valence-electron chi connectivity index (χ0n) is 9.57. The highest BCUT2D eigenvalue weighted by Gasteiger charge is 2.18. The number of benzene rings is 1. The topological polar surface area (TPSA) is 30.5 Å². The summed E-state index contributed by atoms with van der Waals surface area (Å²) < 4.78 is 10.5. The molecule has 0 aromatic heterocycles. The molecular weight excluding hydrogens is 190 g/mol. The van der Waals surface area contributed by atoms with Gasteiger partial charge in [-0.2, -0.15) is 0 Å². The number of rotatable bonds is 6. The number of likely N-dealkylation sites (N-methyl/N-ethyl adjacent to an activating group) is 1. The number of hydrogen-bond acceptors (Lipinski definition) is 3. The molecule has 1 aromatic carbocycles. The molecule has 0 fully saturated rings. The molecule has 0 aliphatic heterocycles. The van der Waals surface area contributed by atoms with Crippen LogP contribution in [0.2, 0.25) is 0 Å². The molecule has 1 rings (SSSR count). The lowest BCUT2D eigenvalue weighted by atomic mass is 10.1. The van der Waals surface area contributed by atoms with Crippen molar-refractivity contribution in [2.45, 2.75) is 18.8 Å². The minimum Gasteiger partial charge on any atom is -0.354 e. The SMILES string of the molecule is CNC(Cc1ccccc1)C(OC)OC. The smallest absolute Gasteiger partial charge is 0.172 e.